The second kappa shape index (κ2) is 9.12. The molecule has 2 rings (SSSR count). The lowest BCUT2D eigenvalue weighted by atomic mass is 9.97. The highest BCUT2D eigenvalue weighted by atomic mass is 32.2. The van der Waals surface area contributed by atoms with E-state index in [1.54, 1.807) is 0 Å². The van der Waals surface area contributed by atoms with Gasteiger partial charge in [-0.1, -0.05) is 0 Å². The molecule has 0 saturated carbocycles. The van der Waals surface area contributed by atoms with Gasteiger partial charge in [-0.15, -0.1) is 0 Å². The van der Waals surface area contributed by atoms with Crippen LogP contribution in [0.2, 0.25) is 0 Å². The van der Waals surface area contributed by atoms with Gasteiger partial charge in [-0.25, -0.2) is 12.8 Å². The Hall–Kier alpha value is -1.51. The summed E-state index contributed by atoms with van der Waals surface area (Å²) in [6, 6.07) is 4.83. The highest BCUT2D eigenvalue weighted by molar-refractivity contribution is 7.89. The van der Waals surface area contributed by atoms with E-state index in [-0.39, 0.29) is 22.3 Å². The highest BCUT2D eigenvalue weighted by Gasteiger charge is 2.31. The molecule has 8 heteroatoms. The first-order valence-corrected chi connectivity index (χ1v) is 10.8. The minimum absolute atomic E-state index is 0.00964. The van der Waals surface area contributed by atoms with Crippen molar-refractivity contribution in [2.45, 2.75) is 50.5 Å². The molecule has 152 valence electrons. The van der Waals surface area contributed by atoms with Gasteiger partial charge in [0.05, 0.1) is 4.90 Å². The molecule has 0 unspecified atom stereocenters. The molecule has 6 nitrogen and oxygen atoms in total. The summed E-state index contributed by atoms with van der Waals surface area (Å²) in [4.78, 5) is 12.4. The number of hydrogen-bond donors (Lipinski definition) is 2. The number of nitrogens with one attached hydrogen (secondary N) is 2. The summed E-state index contributed by atoms with van der Waals surface area (Å²) >= 11 is 0. The van der Waals surface area contributed by atoms with E-state index >= 15 is 0 Å². The maximum absolute atomic E-state index is 13.0. The number of hydrogen-bond acceptors (Lipinski definition) is 4. The Bertz CT molecular complexity index is 722. The number of amides is 1. The molecule has 1 fully saturated rings. The molecule has 1 aliphatic rings. The summed E-state index contributed by atoms with van der Waals surface area (Å²) in [5.41, 5.74) is 0.0624. The van der Waals surface area contributed by atoms with Crippen LogP contribution in [0.1, 0.15) is 40.0 Å². The van der Waals surface area contributed by atoms with Crippen LogP contribution >= 0.6 is 0 Å². The van der Waals surface area contributed by atoms with Crippen LogP contribution in [0.3, 0.4) is 0 Å². The number of halogens is 1. The Balaban J connectivity index is 1.77. The van der Waals surface area contributed by atoms with Gasteiger partial charge in [0.25, 0.3) is 0 Å². The third kappa shape index (κ3) is 6.55. The Labute approximate surface area is 161 Å². The Morgan fingerprint density at radius 2 is 1.74 bits per heavy atom. The number of carbonyl (C=O) groups excluding carboxylic acids is 1. The Kier molecular flexibility index (Phi) is 7.36. The standard InChI is InChI=1S/C19H30FN3O3S/c1-19(2,3)22-12-4-11-21-18(24)15-9-13-23(14-10-15)27(25,26)17-7-5-16(20)6-8-17/h5-8,15,22H,4,9-14H2,1-3H3,(H,21,24). The van der Waals surface area contributed by atoms with Gasteiger partial charge in [0.15, 0.2) is 0 Å². The summed E-state index contributed by atoms with van der Waals surface area (Å²) < 4.78 is 39.6. The maximum atomic E-state index is 13.0. The van der Waals surface area contributed by atoms with Crippen molar-refractivity contribution in [3.63, 3.8) is 0 Å². The van der Waals surface area contributed by atoms with Gasteiger partial charge in [-0.05, 0) is 70.8 Å². The van der Waals surface area contributed by atoms with Gasteiger partial charge in [-0.3, -0.25) is 4.79 Å². The van der Waals surface area contributed by atoms with Crippen LogP contribution < -0.4 is 10.6 Å². The number of sulfonamides is 1. The van der Waals surface area contributed by atoms with E-state index < -0.39 is 15.8 Å². The summed E-state index contributed by atoms with van der Waals surface area (Å²) in [6.07, 6.45) is 1.83. The van der Waals surface area contributed by atoms with Crippen molar-refractivity contribution in [1.29, 1.82) is 0 Å². The minimum Gasteiger partial charge on any atom is -0.356 e. The van der Waals surface area contributed by atoms with Crippen LogP contribution in [0.15, 0.2) is 29.2 Å². The van der Waals surface area contributed by atoms with Crippen molar-refractivity contribution in [2.75, 3.05) is 26.2 Å². The topological polar surface area (TPSA) is 78.5 Å². The molecule has 0 bridgehead atoms. The number of rotatable bonds is 7. The fraction of sp³-hybridized carbons (Fsp3) is 0.632. The van der Waals surface area contributed by atoms with Crippen LogP contribution in [0.5, 0.6) is 0 Å². The smallest absolute Gasteiger partial charge is 0.243 e. The molecule has 1 aliphatic heterocycles. The fourth-order valence-electron chi connectivity index (χ4n) is 3.02. The molecule has 1 amide bonds. The fourth-order valence-corrected chi connectivity index (χ4v) is 4.49. The number of nitrogens with zero attached hydrogens (tertiary/aromatic N) is 1. The average molecular weight is 400 g/mol. The molecule has 0 spiro atoms. The van der Waals surface area contributed by atoms with Crippen LogP contribution in [0, 0.1) is 11.7 Å². The number of carbonyl (C=O) groups is 1. The molecule has 0 aromatic heterocycles. The van der Waals surface area contributed by atoms with E-state index in [1.165, 1.54) is 16.4 Å². The first-order valence-electron chi connectivity index (χ1n) is 9.38. The number of piperidine rings is 1. The van der Waals surface area contributed by atoms with Crippen molar-refractivity contribution in [3.05, 3.63) is 30.1 Å². The molecule has 2 N–H and O–H groups in total. The molecule has 0 aliphatic carbocycles. The first kappa shape index (κ1) is 21.8. The van der Waals surface area contributed by atoms with E-state index in [1.807, 2.05) is 0 Å². The molecule has 1 heterocycles. The summed E-state index contributed by atoms with van der Waals surface area (Å²) in [5.74, 6) is -0.646. The van der Waals surface area contributed by atoms with Gasteiger partial charge in [0.2, 0.25) is 15.9 Å². The SMILES string of the molecule is CC(C)(C)NCCCNC(=O)C1CCN(S(=O)(=O)c2ccc(F)cc2)CC1. The van der Waals surface area contributed by atoms with E-state index in [0.29, 0.717) is 32.5 Å². The first-order chi connectivity index (χ1) is 12.6. The zero-order valence-electron chi connectivity index (χ0n) is 16.3. The van der Waals surface area contributed by atoms with Crippen molar-refractivity contribution < 1.29 is 17.6 Å². The molecular formula is C19H30FN3O3S. The van der Waals surface area contributed by atoms with Gasteiger partial charge in [0.1, 0.15) is 5.82 Å². The third-order valence-corrected chi connectivity index (χ3v) is 6.50. The lowest BCUT2D eigenvalue weighted by Gasteiger charge is -2.30. The van der Waals surface area contributed by atoms with E-state index in [4.69, 9.17) is 0 Å². The summed E-state index contributed by atoms with van der Waals surface area (Å²) in [5, 5.41) is 6.31. The average Bonchev–Trinajstić information content (AvgIpc) is 2.61. The molecule has 0 atom stereocenters. The molecule has 1 aromatic carbocycles. The highest BCUT2D eigenvalue weighted by Crippen LogP contribution is 2.24. The maximum Gasteiger partial charge on any atom is 0.243 e. The van der Waals surface area contributed by atoms with Crippen LogP contribution in [-0.4, -0.2) is 50.3 Å². The second-order valence-corrected chi connectivity index (χ2v) is 9.89. The summed E-state index contributed by atoms with van der Waals surface area (Å²) in [7, 11) is -3.64. The Morgan fingerprint density at radius 3 is 2.30 bits per heavy atom. The van der Waals surface area contributed by atoms with Crippen molar-refractivity contribution in [2.24, 2.45) is 5.92 Å². The predicted molar refractivity (Wildman–Crippen MR) is 103 cm³/mol. The number of benzene rings is 1. The van der Waals surface area contributed by atoms with Crippen LogP contribution in [0.25, 0.3) is 0 Å². The van der Waals surface area contributed by atoms with Gasteiger partial charge in [-0.2, -0.15) is 4.31 Å². The third-order valence-electron chi connectivity index (χ3n) is 4.58. The van der Waals surface area contributed by atoms with Crippen LogP contribution in [-0.2, 0) is 14.8 Å². The zero-order chi connectivity index (χ0) is 20.1. The molecule has 1 saturated heterocycles. The quantitative estimate of drug-likeness (QED) is 0.689. The lowest BCUT2D eigenvalue weighted by Crippen LogP contribution is -2.43. The molecular weight excluding hydrogens is 369 g/mol. The molecule has 1 aromatic rings. The molecule has 0 radical (unpaired) electrons. The van der Waals surface area contributed by atoms with Gasteiger partial charge in [0, 0.05) is 31.1 Å². The van der Waals surface area contributed by atoms with Gasteiger partial charge < -0.3 is 10.6 Å². The van der Waals surface area contributed by atoms with E-state index in [2.05, 4.69) is 31.4 Å². The zero-order valence-corrected chi connectivity index (χ0v) is 17.1. The van der Waals surface area contributed by atoms with Crippen molar-refractivity contribution >= 4 is 15.9 Å². The van der Waals surface area contributed by atoms with Gasteiger partial charge >= 0.3 is 0 Å². The van der Waals surface area contributed by atoms with Crippen molar-refractivity contribution in [1.82, 2.24) is 14.9 Å². The normalized spacial score (nSPS) is 17.0. The minimum atomic E-state index is -3.64. The van der Waals surface area contributed by atoms with E-state index in [0.717, 1.165) is 25.1 Å². The Morgan fingerprint density at radius 1 is 1.15 bits per heavy atom. The summed E-state index contributed by atoms with van der Waals surface area (Å²) in [6.45, 7) is 8.32. The lowest BCUT2D eigenvalue weighted by molar-refractivity contribution is -0.126. The largest absolute Gasteiger partial charge is 0.356 e. The monoisotopic (exact) mass is 399 g/mol. The second-order valence-electron chi connectivity index (χ2n) is 7.95. The van der Waals surface area contributed by atoms with E-state index in [9.17, 15) is 17.6 Å². The molecule has 27 heavy (non-hydrogen) atoms. The van der Waals surface area contributed by atoms with Crippen molar-refractivity contribution in [3.8, 4) is 0 Å². The van der Waals surface area contributed by atoms with Crippen LogP contribution in [0.4, 0.5) is 4.39 Å². The predicted octanol–water partition coefficient (Wildman–Crippen LogP) is 2.12.